The van der Waals surface area contributed by atoms with Crippen molar-refractivity contribution in [3.8, 4) is 11.5 Å². The Morgan fingerprint density at radius 3 is 2.85 bits per heavy atom. The number of rotatable bonds is 4. The smallest absolute Gasteiger partial charge is 0.307 e. The molecule has 5 nitrogen and oxygen atoms in total. The Hall–Kier alpha value is -2.86. The molecule has 1 N–H and O–H groups in total. The molecule has 6 heteroatoms. The van der Waals surface area contributed by atoms with Gasteiger partial charge in [0.1, 0.15) is 5.01 Å². The summed E-state index contributed by atoms with van der Waals surface area (Å²) in [7, 11) is 0. The van der Waals surface area contributed by atoms with Gasteiger partial charge in [0.25, 0.3) is 0 Å². The minimum Gasteiger partial charge on any atom is -0.490 e. The minimum atomic E-state index is -0.894. The molecule has 132 valence electrons. The molecule has 26 heavy (non-hydrogen) atoms. The molecule has 0 aliphatic carbocycles. The molecule has 0 saturated carbocycles. The lowest BCUT2D eigenvalue weighted by Gasteiger charge is -2.11. The van der Waals surface area contributed by atoms with Crippen molar-refractivity contribution in [3.63, 3.8) is 0 Å². The van der Waals surface area contributed by atoms with Crippen LogP contribution in [0.1, 0.15) is 23.4 Å². The van der Waals surface area contributed by atoms with Gasteiger partial charge in [-0.2, -0.15) is 0 Å². The molecule has 2 aromatic carbocycles. The molecule has 0 saturated heterocycles. The fourth-order valence-electron chi connectivity index (χ4n) is 2.88. The van der Waals surface area contributed by atoms with Gasteiger partial charge in [0.2, 0.25) is 0 Å². The van der Waals surface area contributed by atoms with E-state index in [1.165, 1.54) is 11.3 Å². The minimum absolute atomic E-state index is 0.107. The van der Waals surface area contributed by atoms with Gasteiger partial charge in [-0.1, -0.05) is 24.3 Å². The predicted octanol–water partition coefficient (Wildman–Crippen LogP) is 4.47. The van der Waals surface area contributed by atoms with Crippen LogP contribution < -0.4 is 9.47 Å². The van der Waals surface area contributed by atoms with Gasteiger partial charge < -0.3 is 14.6 Å². The highest BCUT2D eigenvalue weighted by atomic mass is 32.1. The number of nitrogens with zero attached hydrogens (tertiary/aromatic N) is 1. The van der Waals surface area contributed by atoms with Crippen LogP contribution in [0.25, 0.3) is 21.9 Å². The van der Waals surface area contributed by atoms with Crippen LogP contribution in [0.3, 0.4) is 0 Å². The second-order valence-electron chi connectivity index (χ2n) is 5.95. The fraction of sp³-hybridized carbons (Fsp3) is 0.200. The van der Waals surface area contributed by atoms with E-state index in [1.54, 1.807) is 0 Å². The second-order valence-corrected chi connectivity index (χ2v) is 6.98. The third-order valence-corrected chi connectivity index (χ3v) is 5.15. The summed E-state index contributed by atoms with van der Waals surface area (Å²) in [4.78, 5) is 16.0. The summed E-state index contributed by atoms with van der Waals surface area (Å²) < 4.78 is 12.6. The molecule has 4 rings (SSSR count). The molecule has 0 radical (unpaired) electrons. The maximum absolute atomic E-state index is 11.4. The molecule has 0 amide bonds. The Bertz CT molecular complexity index is 959. The number of hydrogen-bond donors (Lipinski definition) is 1. The lowest BCUT2D eigenvalue weighted by Crippen LogP contribution is -1.99. The Morgan fingerprint density at radius 2 is 2.00 bits per heavy atom. The van der Waals surface area contributed by atoms with Crippen LogP contribution in [-0.4, -0.2) is 29.3 Å². The number of ether oxygens (including phenoxy) is 2. The number of thiazole rings is 1. The SMILES string of the molecule is O=C(O)C/C(=C\c1cccc2c1OCCCO2)c1nc2ccccc2s1. The van der Waals surface area contributed by atoms with Crippen LogP contribution in [0, 0.1) is 0 Å². The van der Waals surface area contributed by atoms with Crippen LogP contribution in [0.5, 0.6) is 11.5 Å². The molecule has 1 aromatic heterocycles. The topological polar surface area (TPSA) is 68.7 Å². The van der Waals surface area contributed by atoms with Crippen molar-refractivity contribution in [1.82, 2.24) is 4.98 Å². The first-order valence-electron chi connectivity index (χ1n) is 8.37. The van der Waals surface area contributed by atoms with Gasteiger partial charge in [-0.05, 0) is 29.8 Å². The molecule has 2 heterocycles. The maximum Gasteiger partial charge on any atom is 0.307 e. The van der Waals surface area contributed by atoms with E-state index in [1.807, 2.05) is 48.5 Å². The summed E-state index contributed by atoms with van der Waals surface area (Å²) in [6.07, 6.45) is 2.56. The van der Waals surface area contributed by atoms with E-state index in [0.717, 1.165) is 22.2 Å². The molecular formula is C20H17NO4S. The number of benzene rings is 2. The van der Waals surface area contributed by atoms with E-state index in [4.69, 9.17) is 9.47 Å². The second kappa shape index (κ2) is 7.17. The standard InChI is InChI=1S/C20H17NO4S/c22-18(23)12-14(20-21-15-6-1-2-8-17(15)26-20)11-13-5-3-7-16-19(13)25-10-4-9-24-16/h1-3,5-8,11H,4,9-10,12H2,(H,22,23)/b14-11+. The predicted molar refractivity (Wildman–Crippen MR) is 102 cm³/mol. The van der Waals surface area contributed by atoms with E-state index in [9.17, 15) is 9.90 Å². The highest BCUT2D eigenvalue weighted by Crippen LogP contribution is 2.37. The number of fused-ring (bicyclic) bond motifs is 2. The number of carboxylic acid groups (broad SMARTS) is 1. The van der Waals surface area contributed by atoms with E-state index in [2.05, 4.69) is 4.98 Å². The summed E-state index contributed by atoms with van der Waals surface area (Å²) in [5.41, 5.74) is 2.33. The van der Waals surface area contributed by atoms with Crippen molar-refractivity contribution in [1.29, 1.82) is 0 Å². The van der Waals surface area contributed by atoms with Gasteiger partial charge in [-0.15, -0.1) is 11.3 Å². The number of carboxylic acids is 1. The quantitative estimate of drug-likeness (QED) is 0.737. The number of aromatic nitrogens is 1. The Morgan fingerprint density at radius 1 is 1.15 bits per heavy atom. The lowest BCUT2D eigenvalue weighted by molar-refractivity contribution is -0.135. The van der Waals surface area contributed by atoms with Gasteiger partial charge in [0.15, 0.2) is 11.5 Å². The Kier molecular flexibility index (Phi) is 4.58. The molecule has 0 bridgehead atoms. The van der Waals surface area contributed by atoms with Gasteiger partial charge in [-0.25, -0.2) is 4.98 Å². The molecule has 1 aliphatic heterocycles. The average Bonchev–Trinajstić information content (AvgIpc) is 2.91. The Balaban J connectivity index is 1.81. The van der Waals surface area contributed by atoms with E-state index >= 15 is 0 Å². The molecule has 0 atom stereocenters. The van der Waals surface area contributed by atoms with Gasteiger partial charge in [0.05, 0.1) is 29.9 Å². The van der Waals surface area contributed by atoms with E-state index in [0.29, 0.717) is 35.3 Å². The number of aliphatic carboxylic acids is 1. The molecule has 0 fully saturated rings. The number of carbonyl (C=O) groups is 1. The lowest BCUT2D eigenvalue weighted by atomic mass is 10.1. The summed E-state index contributed by atoms with van der Waals surface area (Å²) in [5, 5.41) is 10.1. The summed E-state index contributed by atoms with van der Waals surface area (Å²) in [5.74, 6) is 0.457. The third kappa shape index (κ3) is 3.41. The van der Waals surface area contributed by atoms with Gasteiger partial charge >= 0.3 is 5.97 Å². The zero-order valence-electron chi connectivity index (χ0n) is 14.0. The number of para-hydroxylation sites is 2. The molecule has 0 unspecified atom stereocenters. The largest absolute Gasteiger partial charge is 0.490 e. The monoisotopic (exact) mass is 367 g/mol. The van der Waals surface area contributed by atoms with E-state index in [-0.39, 0.29) is 6.42 Å². The van der Waals surface area contributed by atoms with Crippen LogP contribution in [0.4, 0.5) is 0 Å². The molecular weight excluding hydrogens is 350 g/mol. The maximum atomic E-state index is 11.4. The first kappa shape index (κ1) is 16.6. The van der Waals surface area contributed by atoms with Gasteiger partial charge in [-0.3, -0.25) is 4.79 Å². The van der Waals surface area contributed by atoms with Crippen molar-refractivity contribution in [2.75, 3.05) is 13.2 Å². The van der Waals surface area contributed by atoms with Crippen molar-refractivity contribution in [3.05, 3.63) is 53.0 Å². The summed E-state index contributed by atoms with van der Waals surface area (Å²) >= 11 is 1.49. The van der Waals surface area contributed by atoms with Gasteiger partial charge in [0, 0.05) is 12.0 Å². The fourth-order valence-corrected chi connectivity index (χ4v) is 3.86. The van der Waals surface area contributed by atoms with E-state index < -0.39 is 5.97 Å². The van der Waals surface area contributed by atoms with Crippen LogP contribution in [0.2, 0.25) is 0 Å². The highest BCUT2D eigenvalue weighted by molar-refractivity contribution is 7.19. The van der Waals surface area contributed by atoms with Crippen LogP contribution in [-0.2, 0) is 4.79 Å². The highest BCUT2D eigenvalue weighted by Gasteiger charge is 2.17. The first-order chi connectivity index (χ1) is 12.7. The zero-order chi connectivity index (χ0) is 17.9. The van der Waals surface area contributed by atoms with Crippen molar-refractivity contribution < 1.29 is 19.4 Å². The first-order valence-corrected chi connectivity index (χ1v) is 9.19. The summed E-state index contributed by atoms with van der Waals surface area (Å²) in [6, 6.07) is 13.5. The molecule has 3 aromatic rings. The number of hydrogen-bond acceptors (Lipinski definition) is 5. The van der Waals surface area contributed by atoms with Crippen molar-refractivity contribution in [2.45, 2.75) is 12.8 Å². The average molecular weight is 367 g/mol. The molecule has 0 spiro atoms. The third-order valence-electron chi connectivity index (χ3n) is 4.04. The van der Waals surface area contributed by atoms with Crippen LogP contribution >= 0.6 is 11.3 Å². The van der Waals surface area contributed by atoms with Crippen molar-refractivity contribution in [2.24, 2.45) is 0 Å². The summed E-state index contributed by atoms with van der Waals surface area (Å²) in [6.45, 7) is 1.19. The molecule has 1 aliphatic rings. The zero-order valence-corrected chi connectivity index (χ0v) is 14.8. The Labute approximate surface area is 154 Å². The van der Waals surface area contributed by atoms with Crippen molar-refractivity contribution >= 4 is 39.2 Å². The normalized spacial score (nSPS) is 14.2. The van der Waals surface area contributed by atoms with Crippen LogP contribution in [0.15, 0.2) is 42.5 Å².